The van der Waals surface area contributed by atoms with Gasteiger partial charge in [-0.15, -0.1) is 11.3 Å². The van der Waals surface area contributed by atoms with E-state index in [0.717, 1.165) is 21.1 Å². The molecular formula is C14H17N5O6S. The van der Waals surface area contributed by atoms with Gasteiger partial charge in [0.05, 0.1) is 13.2 Å². The van der Waals surface area contributed by atoms with Crippen LogP contribution in [0.1, 0.15) is 19.5 Å². The molecule has 1 N–H and O–H groups in total. The third kappa shape index (κ3) is 4.14. The number of carbonyl (C=O) groups is 4. The summed E-state index contributed by atoms with van der Waals surface area (Å²) in [5.41, 5.74) is 0.00909. The van der Waals surface area contributed by atoms with Crippen LogP contribution in [0, 0.1) is 0 Å². The van der Waals surface area contributed by atoms with Crippen LogP contribution in [0.5, 0.6) is 0 Å². The number of hydrogen-bond acceptors (Lipinski definition) is 9. The number of nitrogens with one attached hydrogen (secondary N) is 1. The highest BCUT2D eigenvalue weighted by Gasteiger charge is 2.35. The molecule has 0 aromatic carbocycles. The zero-order valence-electron chi connectivity index (χ0n) is 14.3. The fourth-order valence-corrected chi connectivity index (χ4v) is 2.78. The molecule has 0 radical (unpaired) electrons. The van der Waals surface area contributed by atoms with Gasteiger partial charge in [-0.3, -0.25) is 15.0 Å². The maximum atomic E-state index is 12.2. The van der Waals surface area contributed by atoms with Crippen molar-refractivity contribution < 1.29 is 28.8 Å². The molecule has 26 heavy (non-hydrogen) atoms. The lowest BCUT2D eigenvalue weighted by atomic mass is 10.3. The van der Waals surface area contributed by atoms with Gasteiger partial charge < -0.3 is 9.57 Å². The Labute approximate surface area is 152 Å². The summed E-state index contributed by atoms with van der Waals surface area (Å²) in [7, 11) is 1.27. The van der Waals surface area contributed by atoms with Crippen LogP contribution in [0.25, 0.3) is 0 Å². The van der Waals surface area contributed by atoms with Gasteiger partial charge in [-0.2, -0.15) is 0 Å². The lowest BCUT2D eigenvalue weighted by Gasteiger charge is -2.14. The Morgan fingerprint density at radius 2 is 2.04 bits per heavy atom. The summed E-state index contributed by atoms with van der Waals surface area (Å²) in [5.74, 6) is -1.15. The number of amides is 5. The molecule has 0 unspecified atom stereocenters. The number of esters is 1. The molecule has 1 aromatic rings. The molecule has 11 nitrogen and oxygen atoms in total. The molecule has 1 saturated heterocycles. The van der Waals surface area contributed by atoms with Crippen LogP contribution in [0.2, 0.25) is 0 Å². The highest BCUT2D eigenvalue weighted by atomic mass is 32.1. The highest BCUT2D eigenvalue weighted by molar-refractivity contribution is 7.14. The number of rotatable bonds is 5. The first-order valence-electron chi connectivity index (χ1n) is 7.53. The maximum absolute atomic E-state index is 12.2. The van der Waals surface area contributed by atoms with Crippen LogP contribution in [-0.4, -0.2) is 71.2 Å². The zero-order valence-corrected chi connectivity index (χ0v) is 15.2. The fraction of sp³-hybridized carbons (Fsp3) is 0.429. The number of ether oxygens (including phenoxy) is 1. The molecular weight excluding hydrogens is 366 g/mol. The number of carbonyl (C=O) groups excluding carboxylic acids is 4. The molecule has 2 heterocycles. The second-order valence-electron chi connectivity index (χ2n) is 4.92. The standard InChI is InChI=1S/C14H17N5O6S/c1-4-25-11(21)10(17-24-3)9-7-26-12(15-9)16-13(22)19-6-5-18(8(2)20)14(19)23/h7H,4-6H2,1-3H3,(H,15,16,22). The van der Waals surface area contributed by atoms with Crippen LogP contribution in [0.4, 0.5) is 14.7 Å². The van der Waals surface area contributed by atoms with Gasteiger partial charge in [0.25, 0.3) is 0 Å². The quantitative estimate of drug-likeness (QED) is 0.453. The largest absolute Gasteiger partial charge is 0.461 e. The molecule has 0 atom stereocenters. The molecule has 1 aliphatic rings. The van der Waals surface area contributed by atoms with Crippen molar-refractivity contribution in [1.29, 1.82) is 0 Å². The average molecular weight is 383 g/mol. The van der Waals surface area contributed by atoms with E-state index in [4.69, 9.17) is 4.74 Å². The minimum atomic E-state index is -0.721. The van der Waals surface area contributed by atoms with Gasteiger partial charge >= 0.3 is 18.0 Å². The molecule has 0 saturated carbocycles. The van der Waals surface area contributed by atoms with Gasteiger partial charge in [0, 0.05) is 18.8 Å². The molecule has 1 aromatic heterocycles. The van der Waals surface area contributed by atoms with Crippen molar-refractivity contribution in [2.75, 3.05) is 32.1 Å². The number of aromatic nitrogens is 1. The predicted molar refractivity (Wildman–Crippen MR) is 90.8 cm³/mol. The summed E-state index contributed by atoms with van der Waals surface area (Å²) < 4.78 is 4.87. The van der Waals surface area contributed by atoms with Crippen LogP contribution in [0.15, 0.2) is 10.5 Å². The van der Waals surface area contributed by atoms with Gasteiger partial charge in [-0.25, -0.2) is 24.3 Å². The number of hydrogen-bond donors (Lipinski definition) is 1. The molecule has 12 heteroatoms. The van der Waals surface area contributed by atoms with Crippen molar-refractivity contribution in [2.24, 2.45) is 5.16 Å². The van der Waals surface area contributed by atoms with Crippen molar-refractivity contribution in [3.8, 4) is 0 Å². The summed E-state index contributed by atoms with van der Waals surface area (Å²) >= 11 is 1.03. The predicted octanol–water partition coefficient (Wildman–Crippen LogP) is 0.873. The first-order chi connectivity index (χ1) is 12.4. The van der Waals surface area contributed by atoms with Crippen LogP contribution in [-0.2, 0) is 19.2 Å². The van der Waals surface area contributed by atoms with Gasteiger partial charge in [-0.05, 0) is 6.92 Å². The summed E-state index contributed by atoms with van der Waals surface area (Å²) in [6, 6.07) is -1.42. The van der Waals surface area contributed by atoms with Crippen LogP contribution < -0.4 is 5.32 Å². The first-order valence-corrected chi connectivity index (χ1v) is 8.41. The summed E-state index contributed by atoms with van der Waals surface area (Å²) in [4.78, 5) is 58.0. The van der Waals surface area contributed by atoms with Crippen molar-refractivity contribution in [3.05, 3.63) is 11.1 Å². The fourth-order valence-electron chi connectivity index (χ4n) is 2.10. The first kappa shape index (κ1) is 19.3. The van der Waals surface area contributed by atoms with Crippen molar-refractivity contribution >= 4 is 46.1 Å². The molecule has 0 bridgehead atoms. The van der Waals surface area contributed by atoms with Gasteiger partial charge in [0.15, 0.2) is 5.13 Å². The third-order valence-electron chi connectivity index (χ3n) is 3.25. The topological polar surface area (TPSA) is 130 Å². The smallest absolute Gasteiger partial charge is 0.362 e. The van der Waals surface area contributed by atoms with Crippen molar-refractivity contribution in [2.45, 2.75) is 13.8 Å². The molecule has 0 aliphatic carbocycles. The van der Waals surface area contributed by atoms with E-state index < -0.39 is 23.9 Å². The van der Waals surface area contributed by atoms with Crippen LogP contribution in [0.3, 0.4) is 0 Å². The van der Waals surface area contributed by atoms with Gasteiger partial charge in [0.2, 0.25) is 11.6 Å². The van der Waals surface area contributed by atoms with E-state index in [1.54, 1.807) is 6.92 Å². The number of urea groups is 2. The normalized spacial score (nSPS) is 14.4. The summed E-state index contributed by atoms with van der Waals surface area (Å²) in [6.07, 6.45) is 0. The number of anilines is 1. The molecule has 0 spiro atoms. The second kappa shape index (κ2) is 8.38. The molecule has 2 rings (SSSR count). The molecule has 1 fully saturated rings. The Bertz CT molecular complexity index is 761. The Morgan fingerprint density at radius 1 is 1.35 bits per heavy atom. The second-order valence-corrected chi connectivity index (χ2v) is 5.77. The maximum Gasteiger partial charge on any atom is 0.362 e. The van der Waals surface area contributed by atoms with E-state index in [2.05, 4.69) is 20.3 Å². The number of nitrogens with zero attached hydrogens (tertiary/aromatic N) is 4. The van der Waals surface area contributed by atoms with E-state index in [1.165, 1.54) is 19.4 Å². The number of oxime groups is 1. The lowest BCUT2D eigenvalue weighted by Crippen LogP contribution is -2.40. The van der Waals surface area contributed by atoms with E-state index in [9.17, 15) is 19.2 Å². The minimum absolute atomic E-state index is 0.0850. The van der Waals surface area contributed by atoms with Gasteiger partial charge in [-0.1, -0.05) is 5.16 Å². The summed E-state index contributed by atoms with van der Waals surface area (Å²) in [6.45, 7) is 3.27. The highest BCUT2D eigenvalue weighted by Crippen LogP contribution is 2.19. The number of thiazole rings is 1. The Balaban J connectivity index is 2.09. The monoisotopic (exact) mass is 383 g/mol. The van der Waals surface area contributed by atoms with Gasteiger partial charge in [0.1, 0.15) is 12.8 Å². The van der Waals surface area contributed by atoms with E-state index in [0.29, 0.717) is 0 Å². The van der Waals surface area contributed by atoms with E-state index in [1.807, 2.05) is 0 Å². The number of imide groups is 2. The van der Waals surface area contributed by atoms with E-state index in [-0.39, 0.29) is 36.2 Å². The average Bonchev–Trinajstić information content (AvgIpc) is 3.19. The molecule has 140 valence electrons. The van der Waals surface area contributed by atoms with E-state index >= 15 is 0 Å². The van der Waals surface area contributed by atoms with Crippen LogP contribution >= 0.6 is 11.3 Å². The molecule has 5 amide bonds. The Kier molecular flexibility index (Phi) is 6.22. The third-order valence-corrected chi connectivity index (χ3v) is 4.00. The van der Waals surface area contributed by atoms with Crippen molar-refractivity contribution in [1.82, 2.24) is 14.8 Å². The van der Waals surface area contributed by atoms with Crippen molar-refractivity contribution in [3.63, 3.8) is 0 Å². The summed E-state index contributed by atoms with van der Waals surface area (Å²) in [5, 5.41) is 7.67. The SMILES string of the molecule is CCOC(=O)C(=NOC)c1csc(NC(=O)N2CCN(C(C)=O)C2=O)n1. The lowest BCUT2D eigenvalue weighted by molar-refractivity contribution is -0.135. The zero-order chi connectivity index (χ0) is 19.3. The Hall–Kier alpha value is -3.02. The molecule has 1 aliphatic heterocycles. The Morgan fingerprint density at radius 3 is 2.62 bits per heavy atom. The minimum Gasteiger partial charge on any atom is -0.461 e.